The molecule has 0 bridgehead atoms. The molecule has 1 aliphatic rings. The number of aromatic nitrogens is 1. The Morgan fingerprint density at radius 3 is 2.76 bits per heavy atom. The van der Waals surface area contributed by atoms with Crippen LogP contribution in [0.2, 0.25) is 0 Å². The van der Waals surface area contributed by atoms with E-state index in [1.54, 1.807) is 11.3 Å². The van der Waals surface area contributed by atoms with Gasteiger partial charge in [-0.2, -0.15) is 0 Å². The molecule has 0 spiro atoms. The second-order valence-corrected chi connectivity index (χ2v) is 5.38. The standard InChI is InChI=1S/C13H15N3S/c14-13-16-11(8-15-10-6-7-10)12(17-13)9-4-2-1-3-5-9/h1-5,10,15H,6-8H2,(H2,14,16). The van der Waals surface area contributed by atoms with Gasteiger partial charge in [0.2, 0.25) is 0 Å². The average Bonchev–Trinajstić information content (AvgIpc) is 3.11. The van der Waals surface area contributed by atoms with Gasteiger partial charge in [0.1, 0.15) is 0 Å². The monoisotopic (exact) mass is 245 g/mol. The van der Waals surface area contributed by atoms with Crippen LogP contribution in [0.4, 0.5) is 5.13 Å². The highest BCUT2D eigenvalue weighted by Crippen LogP contribution is 2.32. The van der Waals surface area contributed by atoms with Crippen LogP contribution in [0.5, 0.6) is 0 Å². The first kappa shape index (κ1) is 10.7. The summed E-state index contributed by atoms with van der Waals surface area (Å²) in [5.41, 5.74) is 8.10. The Balaban J connectivity index is 1.86. The number of benzene rings is 1. The van der Waals surface area contributed by atoms with E-state index in [4.69, 9.17) is 5.73 Å². The van der Waals surface area contributed by atoms with E-state index in [0.717, 1.165) is 12.2 Å². The van der Waals surface area contributed by atoms with Crippen molar-refractivity contribution in [2.45, 2.75) is 25.4 Å². The fraction of sp³-hybridized carbons (Fsp3) is 0.308. The molecule has 17 heavy (non-hydrogen) atoms. The summed E-state index contributed by atoms with van der Waals surface area (Å²) < 4.78 is 0. The minimum atomic E-state index is 0.649. The van der Waals surface area contributed by atoms with Crippen LogP contribution < -0.4 is 11.1 Å². The molecule has 0 unspecified atom stereocenters. The number of nitrogens with one attached hydrogen (secondary N) is 1. The zero-order valence-corrected chi connectivity index (χ0v) is 10.3. The second kappa shape index (κ2) is 4.47. The number of anilines is 1. The molecule has 4 heteroatoms. The number of hydrogen-bond acceptors (Lipinski definition) is 4. The van der Waals surface area contributed by atoms with Gasteiger partial charge in [0.25, 0.3) is 0 Å². The first-order valence-corrected chi connectivity index (χ1v) is 6.68. The number of hydrogen-bond donors (Lipinski definition) is 2. The Kier molecular flexibility index (Phi) is 2.82. The lowest BCUT2D eigenvalue weighted by molar-refractivity contribution is 0.679. The molecule has 1 saturated carbocycles. The lowest BCUT2D eigenvalue weighted by Gasteiger charge is -2.03. The molecule has 88 valence electrons. The van der Waals surface area contributed by atoms with Crippen LogP contribution in [0, 0.1) is 0 Å². The minimum absolute atomic E-state index is 0.649. The maximum Gasteiger partial charge on any atom is 0.180 e. The van der Waals surface area contributed by atoms with Gasteiger partial charge in [-0.1, -0.05) is 41.7 Å². The largest absolute Gasteiger partial charge is 0.375 e. The highest BCUT2D eigenvalue weighted by atomic mass is 32.1. The van der Waals surface area contributed by atoms with E-state index in [9.17, 15) is 0 Å². The van der Waals surface area contributed by atoms with E-state index in [1.165, 1.54) is 23.3 Å². The topological polar surface area (TPSA) is 50.9 Å². The average molecular weight is 245 g/mol. The second-order valence-electron chi connectivity index (χ2n) is 4.35. The number of rotatable bonds is 4. The van der Waals surface area contributed by atoms with Crippen LogP contribution in [0.3, 0.4) is 0 Å². The van der Waals surface area contributed by atoms with Gasteiger partial charge >= 0.3 is 0 Å². The molecule has 0 amide bonds. The molecular formula is C13H15N3S. The lowest BCUT2D eigenvalue weighted by Crippen LogP contribution is -2.16. The van der Waals surface area contributed by atoms with Crippen molar-refractivity contribution in [2.24, 2.45) is 0 Å². The van der Waals surface area contributed by atoms with Crippen LogP contribution >= 0.6 is 11.3 Å². The zero-order chi connectivity index (χ0) is 11.7. The van der Waals surface area contributed by atoms with Gasteiger partial charge in [-0.05, 0) is 18.4 Å². The van der Waals surface area contributed by atoms with Gasteiger partial charge in [0.15, 0.2) is 5.13 Å². The van der Waals surface area contributed by atoms with Crippen LogP contribution in [0.25, 0.3) is 10.4 Å². The van der Waals surface area contributed by atoms with Crippen LogP contribution in [-0.4, -0.2) is 11.0 Å². The van der Waals surface area contributed by atoms with Crippen molar-refractivity contribution in [1.29, 1.82) is 0 Å². The third-order valence-corrected chi connectivity index (χ3v) is 3.86. The molecule has 3 rings (SSSR count). The van der Waals surface area contributed by atoms with Gasteiger partial charge in [-0.3, -0.25) is 0 Å². The molecule has 1 fully saturated rings. The van der Waals surface area contributed by atoms with E-state index in [2.05, 4.69) is 22.4 Å². The van der Waals surface area contributed by atoms with Crippen LogP contribution in [0.1, 0.15) is 18.5 Å². The van der Waals surface area contributed by atoms with Crippen LogP contribution in [-0.2, 0) is 6.54 Å². The van der Waals surface area contributed by atoms with Gasteiger partial charge in [0.05, 0.1) is 10.6 Å². The maximum atomic E-state index is 5.82. The number of thiazole rings is 1. The van der Waals surface area contributed by atoms with E-state index in [1.807, 2.05) is 18.2 Å². The van der Waals surface area contributed by atoms with Crippen molar-refractivity contribution >= 4 is 16.5 Å². The maximum absolute atomic E-state index is 5.82. The van der Waals surface area contributed by atoms with Crippen molar-refractivity contribution in [1.82, 2.24) is 10.3 Å². The molecule has 3 N–H and O–H groups in total. The Morgan fingerprint density at radius 1 is 1.29 bits per heavy atom. The summed E-state index contributed by atoms with van der Waals surface area (Å²) in [5, 5.41) is 4.13. The predicted molar refractivity (Wildman–Crippen MR) is 71.8 cm³/mol. The van der Waals surface area contributed by atoms with Crippen molar-refractivity contribution in [3.8, 4) is 10.4 Å². The van der Waals surface area contributed by atoms with Gasteiger partial charge in [0, 0.05) is 12.6 Å². The SMILES string of the molecule is Nc1nc(CNC2CC2)c(-c2ccccc2)s1. The first-order chi connectivity index (χ1) is 8.33. The normalized spacial score (nSPS) is 15.1. The smallest absolute Gasteiger partial charge is 0.180 e. The quantitative estimate of drug-likeness (QED) is 0.870. The Labute approximate surface area is 105 Å². The minimum Gasteiger partial charge on any atom is -0.375 e. The third kappa shape index (κ3) is 2.48. The molecule has 1 aromatic heterocycles. The number of nitrogens with zero attached hydrogens (tertiary/aromatic N) is 1. The van der Waals surface area contributed by atoms with E-state index < -0.39 is 0 Å². The Morgan fingerprint density at radius 2 is 2.06 bits per heavy atom. The molecule has 1 heterocycles. The molecule has 0 aliphatic heterocycles. The summed E-state index contributed by atoms with van der Waals surface area (Å²) in [7, 11) is 0. The molecular weight excluding hydrogens is 230 g/mol. The molecule has 2 aromatic rings. The predicted octanol–water partition coefficient (Wildman–Crippen LogP) is 2.64. The van der Waals surface area contributed by atoms with Gasteiger partial charge in [-0.25, -0.2) is 4.98 Å². The first-order valence-electron chi connectivity index (χ1n) is 5.87. The summed E-state index contributed by atoms with van der Waals surface area (Å²) in [6.07, 6.45) is 2.58. The third-order valence-electron chi connectivity index (χ3n) is 2.89. The molecule has 3 nitrogen and oxygen atoms in total. The molecule has 0 saturated heterocycles. The molecule has 1 aromatic carbocycles. The van der Waals surface area contributed by atoms with Gasteiger partial charge < -0.3 is 11.1 Å². The van der Waals surface area contributed by atoms with Crippen molar-refractivity contribution in [3.05, 3.63) is 36.0 Å². The van der Waals surface area contributed by atoms with E-state index in [0.29, 0.717) is 11.2 Å². The van der Waals surface area contributed by atoms with Crippen LogP contribution in [0.15, 0.2) is 30.3 Å². The highest BCUT2D eigenvalue weighted by Gasteiger charge is 2.21. The van der Waals surface area contributed by atoms with E-state index >= 15 is 0 Å². The van der Waals surface area contributed by atoms with Crippen molar-refractivity contribution in [2.75, 3.05) is 5.73 Å². The Hall–Kier alpha value is -1.39. The fourth-order valence-electron chi connectivity index (χ4n) is 1.83. The summed E-state index contributed by atoms with van der Waals surface area (Å²) in [6.45, 7) is 0.822. The fourth-order valence-corrected chi connectivity index (χ4v) is 2.69. The van der Waals surface area contributed by atoms with Crippen molar-refractivity contribution < 1.29 is 0 Å². The number of nitrogens with two attached hydrogens (primary N) is 1. The summed E-state index contributed by atoms with van der Waals surface area (Å²) in [5.74, 6) is 0. The Bertz CT molecular complexity index is 503. The molecule has 0 radical (unpaired) electrons. The summed E-state index contributed by atoms with van der Waals surface area (Å²) in [4.78, 5) is 5.61. The van der Waals surface area contributed by atoms with E-state index in [-0.39, 0.29) is 0 Å². The number of nitrogen functional groups attached to an aromatic ring is 1. The van der Waals surface area contributed by atoms with Crippen molar-refractivity contribution in [3.63, 3.8) is 0 Å². The molecule has 0 atom stereocenters. The summed E-state index contributed by atoms with van der Waals surface area (Å²) in [6, 6.07) is 11.0. The highest BCUT2D eigenvalue weighted by molar-refractivity contribution is 7.18. The summed E-state index contributed by atoms with van der Waals surface area (Å²) >= 11 is 1.57. The lowest BCUT2D eigenvalue weighted by atomic mass is 10.1. The van der Waals surface area contributed by atoms with Gasteiger partial charge in [-0.15, -0.1) is 0 Å². The molecule has 1 aliphatic carbocycles. The zero-order valence-electron chi connectivity index (χ0n) is 9.52.